The molecule has 3 N–H and O–H groups in total. The van der Waals surface area contributed by atoms with Crippen LogP contribution in [-0.2, 0) is 16.4 Å². The third-order valence-electron chi connectivity index (χ3n) is 4.24. The highest BCUT2D eigenvalue weighted by Crippen LogP contribution is 2.24. The summed E-state index contributed by atoms with van der Waals surface area (Å²) in [5.74, 6) is 6.34. The molecule has 0 aliphatic heterocycles. The first-order chi connectivity index (χ1) is 14.2. The Bertz CT molecular complexity index is 1260. The maximum absolute atomic E-state index is 11.6. The molecule has 8 nitrogen and oxygen atoms in total. The molecule has 0 aliphatic carbocycles. The lowest BCUT2D eigenvalue weighted by Crippen LogP contribution is -2.11. The van der Waals surface area contributed by atoms with E-state index in [-0.39, 0.29) is 5.95 Å². The monoisotopic (exact) mass is 422 g/mol. The lowest BCUT2D eigenvalue weighted by atomic mass is 10.0. The largest absolute Gasteiger partial charge is 0.368 e. The van der Waals surface area contributed by atoms with Crippen molar-refractivity contribution in [1.29, 1.82) is 0 Å². The Labute approximate surface area is 176 Å². The number of pyridine rings is 2. The number of sulfonamides is 1. The Kier molecular flexibility index (Phi) is 5.99. The Morgan fingerprint density at radius 3 is 2.50 bits per heavy atom. The molecule has 0 aromatic carbocycles. The number of rotatable bonds is 4. The molecular formula is C21H22N6O2S. The molecule has 0 atom stereocenters. The van der Waals surface area contributed by atoms with E-state index < -0.39 is 10.0 Å². The summed E-state index contributed by atoms with van der Waals surface area (Å²) < 4.78 is 25.6. The van der Waals surface area contributed by atoms with Gasteiger partial charge in [-0.3, -0.25) is 14.7 Å². The van der Waals surface area contributed by atoms with Crippen LogP contribution in [-0.4, -0.2) is 34.6 Å². The van der Waals surface area contributed by atoms with Crippen LogP contribution in [0.1, 0.15) is 35.1 Å². The van der Waals surface area contributed by atoms with Crippen LogP contribution in [0.5, 0.6) is 0 Å². The minimum atomic E-state index is -3.42. The van der Waals surface area contributed by atoms with E-state index in [2.05, 4.69) is 36.5 Å². The van der Waals surface area contributed by atoms with Crippen molar-refractivity contribution in [1.82, 2.24) is 19.9 Å². The number of hydrogen-bond donors (Lipinski definition) is 2. The highest BCUT2D eigenvalue weighted by atomic mass is 32.2. The van der Waals surface area contributed by atoms with Gasteiger partial charge in [-0.1, -0.05) is 18.8 Å². The fourth-order valence-corrected chi connectivity index (χ4v) is 3.38. The number of nitrogens with two attached hydrogens (primary N) is 1. The Balaban J connectivity index is 2.11. The molecule has 3 aromatic rings. The van der Waals surface area contributed by atoms with Gasteiger partial charge in [0.05, 0.1) is 34.6 Å². The number of anilines is 2. The molecule has 3 aromatic heterocycles. The second kappa shape index (κ2) is 8.47. The zero-order valence-corrected chi connectivity index (χ0v) is 18.0. The minimum Gasteiger partial charge on any atom is -0.368 e. The van der Waals surface area contributed by atoms with E-state index in [0.29, 0.717) is 34.6 Å². The summed E-state index contributed by atoms with van der Waals surface area (Å²) in [5.41, 5.74) is 11.1. The van der Waals surface area contributed by atoms with Crippen molar-refractivity contribution in [3.8, 4) is 23.1 Å². The van der Waals surface area contributed by atoms with Crippen LogP contribution < -0.4 is 10.5 Å². The summed E-state index contributed by atoms with van der Waals surface area (Å²) in [6, 6.07) is 5.45. The van der Waals surface area contributed by atoms with Gasteiger partial charge in [0.2, 0.25) is 16.0 Å². The summed E-state index contributed by atoms with van der Waals surface area (Å²) in [6.45, 7) is 5.59. The second-order valence-corrected chi connectivity index (χ2v) is 8.52. The molecule has 0 fully saturated rings. The van der Waals surface area contributed by atoms with Crippen LogP contribution in [0.4, 0.5) is 11.6 Å². The Morgan fingerprint density at radius 1 is 1.10 bits per heavy atom. The molecule has 9 heteroatoms. The maximum atomic E-state index is 11.6. The molecule has 0 unspecified atom stereocenters. The van der Waals surface area contributed by atoms with Gasteiger partial charge in [-0.25, -0.2) is 18.4 Å². The highest BCUT2D eigenvalue weighted by Gasteiger charge is 2.13. The number of aromatic nitrogens is 4. The van der Waals surface area contributed by atoms with E-state index in [1.54, 1.807) is 25.4 Å². The Morgan fingerprint density at radius 2 is 1.87 bits per heavy atom. The van der Waals surface area contributed by atoms with Crippen LogP contribution in [0.3, 0.4) is 0 Å². The maximum Gasteiger partial charge on any atom is 0.229 e. The first kappa shape index (κ1) is 21.2. The lowest BCUT2D eigenvalue weighted by Gasteiger charge is -2.09. The number of hydrogen-bond acceptors (Lipinski definition) is 7. The van der Waals surface area contributed by atoms with Gasteiger partial charge in [-0.05, 0) is 38.5 Å². The summed E-state index contributed by atoms with van der Waals surface area (Å²) in [5, 5.41) is 0. The van der Waals surface area contributed by atoms with Gasteiger partial charge in [0, 0.05) is 29.2 Å². The summed E-state index contributed by atoms with van der Waals surface area (Å²) in [4.78, 5) is 17.3. The average molecular weight is 423 g/mol. The zero-order chi connectivity index (χ0) is 21.9. The van der Waals surface area contributed by atoms with Crippen molar-refractivity contribution >= 4 is 21.7 Å². The first-order valence-corrected chi connectivity index (χ1v) is 11.1. The second-order valence-electron chi connectivity index (χ2n) is 6.78. The molecule has 0 radical (unpaired) electrons. The molecule has 0 saturated carbocycles. The van der Waals surface area contributed by atoms with E-state index in [0.717, 1.165) is 23.2 Å². The summed E-state index contributed by atoms with van der Waals surface area (Å²) >= 11 is 0. The van der Waals surface area contributed by atoms with E-state index in [1.807, 2.05) is 26.0 Å². The van der Waals surface area contributed by atoms with E-state index in [4.69, 9.17) is 5.73 Å². The van der Waals surface area contributed by atoms with Gasteiger partial charge in [0.15, 0.2) is 0 Å². The SMILES string of the molecule is CCc1nc(N)nc(-c2ccc(C)nc2)c1C#Cc1cnc(C)c(NS(C)(=O)=O)c1. The zero-order valence-electron chi connectivity index (χ0n) is 17.2. The van der Waals surface area contributed by atoms with E-state index >= 15 is 0 Å². The molecule has 3 rings (SSSR count). The van der Waals surface area contributed by atoms with E-state index in [9.17, 15) is 8.42 Å². The smallest absolute Gasteiger partial charge is 0.229 e. The molecule has 3 heterocycles. The van der Waals surface area contributed by atoms with Gasteiger partial charge in [0.1, 0.15) is 0 Å². The number of aryl methyl sites for hydroxylation is 3. The number of nitrogen functional groups attached to an aromatic ring is 1. The summed E-state index contributed by atoms with van der Waals surface area (Å²) in [7, 11) is -3.42. The van der Waals surface area contributed by atoms with Crippen molar-refractivity contribution in [3.05, 3.63) is 58.8 Å². The highest BCUT2D eigenvalue weighted by molar-refractivity contribution is 7.92. The number of nitrogens with one attached hydrogen (secondary N) is 1. The molecule has 0 amide bonds. The Hall–Kier alpha value is -3.51. The molecule has 30 heavy (non-hydrogen) atoms. The standard InChI is InChI=1S/C21H22N6O2S/c1-5-18-17(20(26-21(22)25-18)16-8-6-13(2)23-12-16)9-7-15-10-19(14(3)24-11-15)27-30(4,28)29/h6,8,10-12,27H,5H2,1-4H3,(H2,22,25,26). The molecule has 154 valence electrons. The molecule has 0 bridgehead atoms. The number of nitrogens with zero attached hydrogens (tertiary/aromatic N) is 4. The van der Waals surface area contributed by atoms with Crippen molar-refractivity contribution in [3.63, 3.8) is 0 Å². The third-order valence-corrected chi connectivity index (χ3v) is 4.83. The van der Waals surface area contributed by atoms with Crippen molar-refractivity contribution in [2.24, 2.45) is 0 Å². The van der Waals surface area contributed by atoms with Crippen LogP contribution in [0.25, 0.3) is 11.3 Å². The van der Waals surface area contributed by atoms with E-state index in [1.165, 1.54) is 0 Å². The fraction of sp³-hybridized carbons (Fsp3) is 0.238. The summed E-state index contributed by atoms with van der Waals surface area (Å²) in [6.07, 6.45) is 5.03. The van der Waals surface area contributed by atoms with Crippen molar-refractivity contribution < 1.29 is 8.42 Å². The predicted molar refractivity (Wildman–Crippen MR) is 117 cm³/mol. The molecular weight excluding hydrogens is 400 g/mol. The molecule has 0 saturated heterocycles. The normalized spacial score (nSPS) is 10.9. The van der Waals surface area contributed by atoms with Crippen molar-refractivity contribution in [2.45, 2.75) is 27.2 Å². The van der Waals surface area contributed by atoms with Crippen LogP contribution in [0, 0.1) is 25.7 Å². The molecule has 0 spiro atoms. The average Bonchev–Trinajstić information content (AvgIpc) is 2.68. The fourth-order valence-electron chi connectivity index (χ4n) is 2.77. The van der Waals surface area contributed by atoms with Crippen LogP contribution >= 0.6 is 0 Å². The molecule has 0 aliphatic rings. The van der Waals surface area contributed by atoms with Crippen molar-refractivity contribution in [2.75, 3.05) is 16.7 Å². The quantitative estimate of drug-likeness (QED) is 0.619. The topological polar surface area (TPSA) is 124 Å². The van der Waals surface area contributed by atoms with Gasteiger partial charge < -0.3 is 5.73 Å². The minimum absolute atomic E-state index is 0.171. The van der Waals surface area contributed by atoms with Gasteiger partial charge >= 0.3 is 0 Å². The third kappa shape index (κ3) is 5.10. The lowest BCUT2D eigenvalue weighted by molar-refractivity contribution is 0.606. The predicted octanol–water partition coefficient (Wildman–Crippen LogP) is 2.47. The van der Waals surface area contributed by atoms with Gasteiger partial charge in [-0.2, -0.15) is 0 Å². The van der Waals surface area contributed by atoms with Crippen LogP contribution in [0.15, 0.2) is 30.6 Å². The first-order valence-electron chi connectivity index (χ1n) is 9.22. The van der Waals surface area contributed by atoms with Crippen LogP contribution in [0.2, 0.25) is 0 Å². The van der Waals surface area contributed by atoms with Gasteiger partial charge in [-0.15, -0.1) is 0 Å². The van der Waals surface area contributed by atoms with Gasteiger partial charge in [0.25, 0.3) is 0 Å².